The van der Waals surface area contributed by atoms with Gasteiger partial charge in [-0.2, -0.15) is 0 Å². The second-order valence-corrected chi connectivity index (χ2v) is 4.17. The summed E-state index contributed by atoms with van der Waals surface area (Å²) in [5.41, 5.74) is -0.242. The van der Waals surface area contributed by atoms with Crippen molar-refractivity contribution in [1.82, 2.24) is 0 Å². The predicted molar refractivity (Wildman–Crippen MR) is 60.8 cm³/mol. The van der Waals surface area contributed by atoms with E-state index >= 15 is 0 Å². The van der Waals surface area contributed by atoms with Crippen molar-refractivity contribution in [3.8, 4) is 0 Å². The average Bonchev–Trinajstić information content (AvgIpc) is 2.74. The summed E-state index contributed by atoms with van der Waals surface area (Å²) in [5, 5.41) is 18.9. The van der Waals surface area contributed by atoms with Gasteiger partial charge in [-0.25, -0.2) is 4.99 Å². The molecule has 1 aliphatic heterocycles. The Labute approximate surface area is 98.2 Å². The molecule has 1 aromatic carbocycles. The van der Waals surface area contributed by atoms with Crippen molar-refractivity contribution in [2.45, 2.75) is 5.60 Å². The standard InChI is InChI=1S/C11H12ClNO3/c12-9-3-1-2-8(4-9)10-13-5-11(6-14,7-15)16-10/h1-4,14-15H,5-7H2. The third kappa shape index (κ3) is 2.04. The van der Waals surface area contributed by atoms with Gasteiger partial charge in [0, 0.05) is 10.6 Å². The highest BCUT2D eigenvalue weighted by Gasteiger charge is 2.37. The van der Waals surface area contributed by atoms with Crippen LogP contribution in [0.15, 0.2) is 29.3 Å². The molecule has 1 aromatic rings. The quantitative estimate of drug-likeness (QED) is 0.825. The lowest BCUT2D eigenvalue weighted by Crippen LogP contribution is -2.41. The van der Waals surface area contributed by atoms with Gasteiger partial charge in [-0.15, -0.1) is 0 Å². The molecule has 0 aliphatic carbocycles. The number of aliphatic hydroxyl groups excluding tert-OH is 2. The molecule has 0 bridgehead atoms. The molecular formula is C11H12ClNO3. The number of ether oxygens (including phenoxy) is 1. The second-order valence-electron chi connectivity index (χ2n) is 3.73. The van der Waals surface area contributed by atoms with Crippen LogP contribution in [0.3, 0.4) is 0 Å². The first-order valence-corrected chi connectivity index (χ1v) is 5.28. The first-order chi connectivity index (χ1) is 7.69. The molecule has 86 valence electrons. The van der Waals surface area contributed by atoms with Gasteiger partial charge in [0.1, 0.15) is 0 Å². The zero-order chi connectivity index (χ0) is 11.6. The SMILES string of the molecule is OCC1(CO)CN=C(c2cccc(Cl)c2)O1. The molecule has 0 spiro atoms. The topological polar surface area (TPSA) is 62.0 Å². The molecule has 4 nitrogen and oxygen atoms in total. The lowest BCUT2D eigenvalue weighted by Gasteiger charge is -2.23. The van der Waals surface area contributed by atoms with Crippen LogP contribution in [-0.2, 0) is 4.74 Å². The Morgan fingerprint density at radius 2 is 2.12 bits per heavy atom. The van der Waals surface area contributed by atoms with E-state index in [9.17, 15) is 0 Å². The fraction of sp³-hybridized carbons (Fsp3) is 0.364. The highest BCUT2D eigenvalue weighted by molar-refractivity contribution is 6.30. The zero-order valence-electron chi connectivity index (χ0n) is 8.56. The van der Waals surface area contributed by atoms with Gasteiger partial charge in [-0.05, 0) is 18.2 Å². The molecule has 1 aliphatic rings. The van der Waals surface area contributed by atoms with Crippen molar-refractivity contribution in [3.63, 3.8) is 0 Å². The van der Waals surface area contributed by atoms with Gasteiger partial charge >= 0.3 is 0 Å². The van der Waals surface area contributed by atoms with Crippen molar-refractivity contribution in [2.24, 2.45) is 4.99 Å². The Morgan fingerprint density at radius 3 is 2.69 bits per heavy atom. The van der Waals surface area contributed by atoms with Crippen LogP contribution in [0.5, 0.6) is 0 Å². The summed E-state index contributed by atoms with van der Waals surface area (Å²) >= 11 is 5.85. The Balaban J connectivity index is 2.20. The number of aliphatic imine (C=N–C) groups is 1. The third-order valence-corrected chi connectivity index (χ3v) is 2.71. The highest BCUT2D eigenvalue weighted by Crippen LogP contribution is 2.22. The van der Waals surface area contributed by atoms with E-state index in [-0.39, 0.29) is 19.8 Å². The molecule has 0 saturated carbocycles. The van der Waals surface area contributed by atoms with Gasteiger partial charge < -0.3 is 14.9 Å². The minimum Gasteiger partial charge on any atom is -0.464 e. The van der Waals surface area contributed by atoms with E-state index in [0.717, 1.165) is 5.56 Å². The van der Waals surface area contributed by atoms with Crippen LogP contribution in [-0.4, -0.2) is 41.5 Å². The molecule has 0 atom stereocenters. The first kappa shape index (κ1) is 11.4. The molecule has 0 amide bonds. The number of hydrogen-bond acceptors (Lipinski definition) is 4. The van der Waals surface area contributed by atoms with Crippen LogP contribution in [0.1, 0.15) is 5.56 Å². The van der Waals surface area contributed by atoms with Gasteiger partial charge in [-0.1, -0.05) is 17.7 Å². The minimum atomic E-state index is -0.988. The molecule has 2 N–H and O–H groups in total. The van der Waals surface area contributed by atoms with Crippen LogP contribution < -0.4 is 0 Å². The zero-order valence-corrected chi connectivity index (χ0v) is 9.31. The van der Waals surface area contributed by atoms with E-state index < -0.39 is 5.60 Å². The van der Waals surface area contributed by atoms with Crippen molar-refractivity contribution in [2.75, 3.05) is 19.8 Å². The first-order valence-electron chi connectivity index (χ1n) is 4.90. The lowest BCUT2D eigenvalue weighted by atomic mass is 10.1. The Morgan fingerprint density at radius 1 is 1.38 bits per heavy atom. The molecule has 1 heterocycles. The number of halogens is 1. The molecule has 0 saturated heterocycles. The lowest BCUT2D eigenvalue weighted by molar-refractivity contribution is -0.0211. The summed E-state index contributed by atoms with van der Waals surface area (Å²) < 4.78 is 5.48. The fourth-order valence-electron chi connectivity index (χ4n) is 1.47. The Bertz CT molecular complexity index is 415. The fourth-order valence-corrected chi connectivity index (χ4v) is 1.66. The minimum absolute atomic E-state index is 0.252. The number of aliphatic hydroxyl groups is 2. The maximum atomic E-state index is 9.15. The molecule has 16 heavy (non-hydrogen) atoms. The van der Waals surface area contributed by atoms with Crippen molar-refractivity contribution >= 4 is 17.5 Å². The second kappa shape index (κ2) is 4.41. The van der Waals surface area contributed by atoms with Gasteiger partial charge in [-0.3, -0.25) is 0 Å². The molecule has 5 heteroatoms. The summed E-state index contributed by atoms with van der Waals surface area (Å²) in [6.45, 7) is -0.282. The number of rotatable bonds is 3. The maximum absolute atomic E-state index is 9.15. The predicted octanol–water partition coefficient (Wildman–Crippen LogP) is 0.840. The number of nitrogens with zero attached hydrogens (tertiary/aromatic N) is 1. The highest BCUT2D eigenvalue weighted by atomic mass is 35.5. The Kier molecular flexibility index (Phi) is 3.14. The largest absolute Gasteiger partial charge is 0.464 e. The molecule has 0 unspecified atom stereocenters. The number of hydrogen-bond donors (Lipinski definition) is 2. The smallest absolute Gasteiger partial charge is 0.217 e. The van der Waals surface area contributed by atoms with Crippen molar-refractivity contribution < 1.29 is 14.9 Å². The third-order valence-electron chi connectivity index (χ3n) is 2.47. The van der Waals surface area contributed by atoms with E-state index in [1.54, 1.807) is 18.2 Å². The van der Waals surface area contributed by atoms with E-state index in [0.29, 0.717) is 10.9 Å². The molecule has 0 aromatic heterocycles. The normalized spacial score (nSPS) is 18.1. The number of benzene rings is 1. The van der Waals surface area contributed by atoms with Crippen LogP contribution in [0.2, 0.25) is 5.02 Å². The summed E-state index contributed by atoms with van der Waals surface area (Å²) in [7, 11) is 0. The van der Waals surface area contributed by atoms with Gasteiger partial charge in [0.05, 0.1) is 19.8 Å². The van der Waals surface area contributed by atoms with E-state index in [1.807, 2.05) is 6.07 Å². The van der Waals surface area contributed by atoms with Gasteiger partial charge in [0.25, 0.3) is 0 Å². The average molecular weight is 242 g/mol. The van der Waals surface area contributed by atoms with E-state index in [2.05, 4.69) is 4.99 Å². The van der Waals surface area contributed by atoms with Crippen LogP contribution in [0.25, 0.3) is 0 Å². The Hall–Kier alpha value is -1.10. The van der Waals surface area contributed by atoms with E-state index in [4.69, 9.17) is 26.6 Å². The van der Waals surface area contributed by atoms with Gasteiger partial charge in [0.15, 0.2) is 5.60 Å². The summed E-state index contributed by atoms with van der Waals surface area (Å²) in [6, 6.07) is 7.09. The summed E-state index contributed by atoms with van der Waals surface area (Å²) in [5.74, 6) is 0.408. The molecular weight excluding hydrogens is 230 g/mol. The monoisotopic (exact) mass is 241 g/mol. The van der Waals surface area contributed by atoms with Crippen molar-refractivity contribution in [3.05, 3.63) is 34.9 Å². The molecule has 2 rings (SSSR count). The van der Waals surface area contributed by atoms with Crippen molar-refractivity contribution in [1.29, 1.82) is 0 Å². The molecule has 0 radical (unpaired) electrons. The van der Waals surface area contributed by atoms with Gasteiger partial charge in [0.2, 0.25) is 5.90 Å². The summed E-state index contributed by atoms with van der Waals surface area (Å²) in [4.78, 5) is 4.16. The maximum Gasteiger partial charge on any atom is 0.217 e. The van der Waals surface area contributed by atoms with Crippen LogP contribution >= 0.6 is 11.6 Å². The van der Waals surface area contributed by atoms with Crippen LogP contribution in [0.4, 0.5) is 0 Å². The van der Waals surface area contributed by atoms with Crippen LogP contribution in [0, 0.1) is 0 Å². The molecule has 0 fully saturated rings. The van der Waals surface area contributed by atoms with E-state index in [1.165, 1.54) is 0 Å². The summed E-state index contributed by atoms with van der Waals surface area (Å²) in [6.07, 6.45) is 0.